The zero-order valence-electron chi connectivity index (χ0n) is 15.7. The summed E-state index contributed by atoms with van der Waals surface area (Å²) >= 11 is 5.97. The summed E-state index contributed by atoms with van der Waals surface area (Å²) in [6, 6.07) is 15.5. The third-order valence-electron chi connectivity index (χ3n) is 4.94. The van der Waals surface area contributed by atoms with Crippen LogP contribution in [0.5, 0.6) is 0 Å². The molecule has 2 aromatic rings. The number of carbonyl (C=O) groups is 2. The quantitative estimate of drug-likeness (QED) is 0.784. The summed E-state index contributed by atoms with van der Waals surface area (Å²) in [7, 11) is 0. The van der Waals surface area contributed by atoms with Crippen LogP contribution in [-0.2, 0) is 16.0 Å². The maximum absolute atomic E-state index is 12.8. The van der Waals surface area contributed by atoms with E-state index >= 15 is 0 Å². The van der Waals surface area contributed by atoms with Crippen LogP contribution in [0.25, 0.3) is 0 Å². The fourth-order valence-electron chi connectivity index (χ4n) is 3.37. The van der Waals surface area contributed by atoms with Gasteiger partial charge in [-0.1, -0.05) is 35.9 Å². The van der Waals surface area contributed by atoms with Crippen LogP contribution in [0.15, 0.2) is 48.5 Å². The summed E-state index contributed by atoms with van der Waals surface area (Å²) in [5.74, 6) is -0.416. The van der Waals surface area contributed by atoms with Crippen molar-refractivity contribution < 1.29 is 9.59 Å². The zero-order chi connectivity index (χ0) is 19.4. The van der Waals surface area contributed by atoms with Crippen LogP contribution in [0.4, 0.5) is 5.69 Å². The molecule has 1 aliphatic rings. The number of nitrogens with one attached hydrogen (secondary N) is 1. The molecular formula is C22H25ClN2O2. The molecule has 0 saturated heterocycles. The number of halogens is 1. The van der Waals surface area contributed by atoms with Crippen LogP contribution in [0.3, 0.4) is 0 Å². The molecule has 0 aliphatic heterocycles. The summed E-state index contributed by atoms with van der Waals surface area (Å²) in [5, 5.41) is 3.65. The topological polar surface area (TPSA) is 49.4 Å². The minimum atomic E-state index is -0.212. The maximum atomic E-state index is 12.8. The van der Waals surface area contributed by atoms with Crippen molar-refractivity contribution in [2.75, 3.05) is 18.0 Å². The van der Waals surface area contributed by atoms with E-state index in [0.717, 1.165) is 23.2 Å². The lowest BCUT2D eigenvalue weighted by Gasteiger charge is -2.21. The average molecular weight is 385 g/mol. The molecule has 27 heavy (non-hydrogen) atoms. The first kappa shape index (κ1) is 19.4. The zero-order valence-corrected chi connectivity index (χ0v) is 16.5. The Labute approximate surface area is 165 Å². The number of nitrogens with zero attached hydrogens (tertiary/aromatic N) is 1. The molecule has 1 N–H and O–H groups in total. The minimum absolute atomic E-state index is 0.0318. The monoisotopic (exact) mass is 384 g/mol. The lowest BCUT2D eigenvalue weighted by atomic mass is 10.1. The third kappa shape index (κ3) is 4.89. The van der Waals surface area contributed by atoms with Gasteiger partial charge in [0.2, 0.25) is 11.8 Å². The van der Waals surface area contributed by atoms with Gasteiger partial charge in [-0.15, -0.1) is 0 Å². The van der Waals surface area contributed by atoms with Crippen molar-refractivity contribution in [2.24, 2.45) is 11.8 Å². The number of amides is 2. The molecule has 0 aromatic heterocycles. The smallest absolute Gasteiger partial charge is 0.230 e. The molecular weight excluding hydrogens is 360 g/mol. The number of aryl methyl sites for hydroxylation is 1. The van der Waals surface area contributed by atoms with Crippen molar-refractivity contribution >= 4 is 29.1 Å². The second-order valence-electron chi connectivity index (χ2n) is 7.04. The van der Waals surface area contributed by atoms with Crippen molar-refractivity contribution in [3.63, 3.8) is 0 Å². The molecule has 2 unspecified atom stereocenters. The number of hydrogen-bond donors (Lipinski definition) is 1. The fraction of sp³-hybridized carbons (Fsp3) is 0.364. The highest BCUT2D eigenvalue weighted by Gasteiger charge is 2.49. The van der Waals surface area contributed by atoms with Gasteiger partial charge >= 0.3 is 0 Å². The number of rotatable bonds is 7. The normalized spacial score (nSPS) is 18.0. The predicted octanol–water partition coefficient (Wildman–Crippen LogP) is 4.00. The predicted molar refractivity (Wildman–Crippen MR) is 109 cm³/mol. The molecule has 2 amide bonds. The van der Waals surface area contributed by atoms with E-state index in [4.69, 9.17) is 11.6 Å². The molecule has 1 saturated carbocycles. The van der Waals surface area contributed by atoms with Crippen LogP contribution in [0.2, 0.25) is 5.02 Å². The fourth-order valence-corrected chi connectivity index (χ4v) is 3.59. The van der Waals surface area contributed by atoms with E-state index < -0.39 is 0 Å². The molecule has 0 radical (unpaired) electrons. The number of carbonyl (C=O) groups excluding carboxylic acids is 2. The van der Waals surface area contributed by atoms with Gasteiger partial charge in [-0.05, 0) is 62.1 Å². The first-order valence-electron chi connectivity index (χ1n) is 9.39. The maximum Gasteiger partial charge on any atom is 0.230 e. The lowest BCUT2D eigenvalue weighted by Crippen LogP contribution is -2.34. The van der Waals surface area contributed by atoms with E-state index in [0.29, 0.717) is 24.5 Å². The molecule has 2 atom stereocenters. The van der Waals surface area contributed by atoms with Gasteiger partial charge in [0.15, 0.2) is 0 Å². The number of hydrogen-bond acceptors (Lipinski definition) is 2. The Kier molecular flexibility index (Phi) is 6.17. The SMILES string of the molecule is CCN(C(=O)C1CC1C(=O)NCCc1cccc(Cl)c1)c1cccc(C)c1. The summed E-state index contributed by atoms with van der Waals surface area (Å²) in [6.45, 7) is 5.12. The van der Waals surface area contributed by atoms with Crippen molar-refractivity contribution in [2.45, 2.75) is 26.7 Å². The van der Waals surface area contributed by atoms with Gasteiger partial charge in [-0.3, -0.25) is 9.59 Å². The van der Waals surface area contributed by atoms with E-state index in [1.807, 2.05) is 62.4 Å². The van der Waals surface area contributed by atoms with Crippen molar-refractivity contribution in [1.29, 1.82) is 0 Å². The van der Waals surface area contributed by atoms with E-state index in [-0.39, 0.29) is 23.7 Å². The first-order valence-corrected chi connectivity index (χ1v) is 9.77. The van der Waals surface area contributed by atoms with Gasteiger partial charge in [0.25, 0.3) is 0 Å². The highest BCUT2D eigenvalue weighted by atomic mass is 35.5. The third-order valence-corrected chi connectivity index (χ3v) is 5.18. The molecule has 1 fully saturated rings. The highest BCUT2D eigenvalue weighted by molar-refractivity contribution is 6.30. The Balaban J connectivity index is 1.51. The molecule has 1 aliphatic carbocycles. The molecule has 0 spiro atoms. The standard InChI is InChI=1S/C22H25ClN2O2/c1-3-25(18-9-4-6-15(2)12-18)22(27)20-14-19(20)21(26)24-11-10-16-7-5-8-17(23)13-16/h4-9,12-13,19-20H,3,10-11,14H2,1-2H3,(H,24,26). The Bertz CT molecular complexity index is 837. The lowest BCUT2D eigenvalue weighted by molar-refractivity contribution is -0.126. The molecule has 5 heteroatoms. The molecule has 4 nitrogen and oxygen atoms in total. The molecule has 142 valence electrons. The van der Waals surface area contributed by atoms with Gasteiger partial charge in [0.1, 0.15) is 0 Å². The summed E-state index contributed by atoms with van der Waals surface area (Å²) in [6.07, 6.45) is 1.35. The average Bonchev–Trinajstić information content (AvgIpc) is 3.43. The molecule has 3 rings (SSSR count). The van der Waals surface area contributed by atoms with Gasteiger partial charge in [0, 0.05) is 23.8 Å². The van der Waals surface area contributed by atoms with Crippen LogP contribution < -0.4 is 10.2 Å². The largest absolute Gasteiger partial charge is 0.356 e. The van der Waals surface area contributed by atoms with E-state index in [1.165, 1.54) is 0 Å². The first-order chi connectivity index (χ1) is 13.0. The molecule has 0 heterocycles. The Morgan fingerprint density at radius 3 is 2.63 bits per heavy atom. The van der Waals surface area contributed by atoms with E-state index in [2.05, 4.69) is 5.32 Å². The Hall–Kier alpha value is -2.33. The Morgan fingerprint density at radius 2 is 1.93 bits per heavy atom. The second kappa shape index (κ2) is 8.57. The minimum Gasteiger partial charge on any atom is -0.356 e. The Morgan fingerprint density at radius 1 is 1.15 bits per heavy atom. The summed E-state index contributed by atoms with van der Waals surface area (Å²) < 4.78 is 0. The van der Waals surface area contributed by atoms with Gasteiger partial charge in [-0.2, -0.15) is 0 Å². The molecule has 0 bridgehead atoms. The van der Waals surface area contributed by atoms with Gasteiger partial charge in [-0.25, -0.2) is 0 Å². The summed E-state index contributed by atoms with van der Waals surface area (Å²) in [5.41, 5.74) is 3.10. The van der Waals surface area contributed by atoms with Gasteiger partial charge in [0.05, 0.1) is 11.8 Å². The van der Waals surface area contributed by atoms with Crippen LogP contribution >= 0.6 is 11.6 Å². The van der Waals surface area contributed by atoms with Gasteiger partial charge < -0.3 is 10.2 Å². The number of anilines is 1. The van der Waals surface area contributed by atoms with Crippen LogP contribution in [0, 0.1) is 18.8 Å². The van der Waals surface area contributed by atoms with Crippen LogP contribution in [0.1, 0.15) is 24.5 Å². The van der Waals surface area contributed by atoms with Crippen molar-refractivity contribution in [3.8, 4) is 0 Å². The van der Waals surface area contributed by atoms with Crippen molar-refractivity contribution in [3.05, 3.63) is 64.7 Å². The molecule has 2 aromatic carbocycles. The van der Waals surface area contributed by atoms with Crippen molar-refractivity contribution in [1.82, 2.24) is 5.32 Å². The highest BCUT2D eigenvalue weighted by Crippen LogP contribution is 2.41. The summed E-state index contributed by atoms with van der Waals surface area (Å²) in [4.78, 5) is 27.0. The van der Waals surface area contributed by atoms with E-state index in [1.54, 1.807) is 4.90 Å². The van der Waals surface area contributed by atoms with E-state index in [9.17, 15) is 9.59 Å². The van der Waals surface area contributed by atoms with Crippen LogP contribution in [-0.4, -0.2) is 24.9 Å². The number of benzene rings is 2. The second-order valence-corrected chi connectivity index (χ2v) is 7.48.